The van der Waals surface area contributed by atoms with Gasteiger partial charge in [0.15, 0.2) is 0 Å². The first kappa shape index (κ1) is 17.8. The van der Waals surface area contributed by atoms with Crippen molar-refractivity contribution in [3.8, 4) is 5.75 Å². The van der Waals surface area contributed by atoms with Gasteiger partial charge in [-0.2, -0.15) is 0 Å². The molecule has 9 heteroatoms. The third-order valence-electron chi connectivity index (χ3n) is 3.05. The van der Waals surface area contributed by atoms with E-state index in [0.29, 0.717) is 21.5 Å². The Bertz CT molecular complexity index is 783. The molecule has 0 radical (unpaired) electrons. The molecule has 2 N–H and O–H groups in total. The SMILES string of the molecule is COc1ccc(NC(=O)CNc2ccc(Cl)cc2Cl)c([N+](=O)[O-])c1. The molecule has 0 aliphatic carbocycles. The van der Waals surface area contributed by atoms with Crippen molar-refractivity contribution >= 4 is 46.2 Å². The monoisotopic (exact) mass is 369 g/mol. The van der Waals surface area contributed by atoms with Gasteiger partial charge in [0.25, 0.3) is 5.69 Å². The molecule has 1 amide bonds. The number of ether oxygens (including phenoxy) is 1. The lowest BCUT2D eigenvalue weighted by atomic mass is 10.2. The van der Waals surface area contributed by atoms with Crippen LogP contribution < -0.4 is 15.4 Å². The summed E-state index contributed by atoms with van der Waals surface area (Å²) in [7, 11) is 1.40. The average Bonchev–Trinajstić information content (AvgIpc) is 2.54. The van der Waals surface area contributed by atoms with Crippen molar-refractivity contribution in [2.75, 3.05) is 24.3 Å². The highest BCUT2D eigenvalue weighted by molar-refractivity contribution is 6.36. The third-order valence-corrected chi connectivity index (χ3v) is 3.59. The van der Waals surface area contributed by atoms with Gasteiger partial charge in [0.1, 0.15) is 11.4 Å². The summed E-state index contributed by atoms with van der Waals surface area (Å²) >= 11 is 11.8. The Labute approximate surface area is 147 Å². The highest BCUT2D eigenvalue weighted by Crippen LogP contribution is 2.29. The van der Waals surface area contributed by atoms with Gasteiger partial charge in [-0.3, -0.25) is 14.9 Å². The molecule has 0 aliphatic heterocycles. The number of rotatable bonds is 6. The second-order valence-electron chi connectivity index (χ2n) is 4.67. The van der Waals surface area contributed by atoms with E-state index >= 15 is 0 Å². The molecule has 0 fully saturated rings. The van der Waals surface area contributed by atoms with E-state index in [4.69, 9.17) is 27.9 Å². The fourth-order valence-corrected chi connectivity index (χ4v) is 2.37. The smallest absolute Gasteiger partial charge is 0.296 e. The van der Waals surface area contributed by atoms with E-state index in [9.17, 15) is 14.9 Å². The Balaban J connectivity index is 2.05. The molecule has 24 heavy (non-hydrogen) atoms. The number of nitro groups is 1. The van der Waals surface area contributed by atoms with Crippen molar-refractivity contribution < 1.29 is 14.5 Å². The van der Waals surface area contributed by atoms with Gasteiger partial charge in [0.05, 0.1) is 35.4 Å². The van der Waals surface area contributed by atoms with Gasteiger partial charge >= 0.3 is 0 Å². The lowest BCUT2D eigenvalue weighted by Gasteiger charge is -2.10. The maximum Gasteiger partial charge on any atom is 0.296 e. The zero-order chi connectivity index (χ0) is 17.7. The van der Waals surface area contributed by atoms with Crippen LogP contribution in [0.15, 0.2) is 36.4 Å². The lowest BCUT2D eigenvalue weighted by molar-refractivity contribution is -0.384. The highest BCUT2D eigenvalue weighted by Gasteiger charge is 2.17. The Morgan fingerprint density at radius 1 is 1.21 bits per heavy atom. The van der Waals surface area contributed by atoms with E-state index in [2.05, 4.69) is 10.6 Å². The largest absolute Gasteiger partial charge is 0.496 e. The highest BCUT2D eigenvalue weighted by atomic mass is 35.5. The number of carbonyl (C=O) groups is 1. The molecule has 2 aromatic carbocycles. The van der Waals surface area contributed by atoms with Crippen LogP contribution in [0.4, 0.5) is 17.1 Å². The Kier molecular flexibility index (Phi) is 5.83. The maximum atomic E-state index is 12.0. The van der Waals surface area contributed by atoms with Gasteiger partial charge in [-0.1, -0.05) is 23.2 Å². The van der Waals surface area contributed by atoms with Gasteiger partial charge in [-0.05, 0) is 30.3 Å². The minimum Gasteiger partial charge on any atom is -0.496 e. The first-order chi connectivity index (χ1) is 11.4. The molecule has 0 spiro atoms. The van der Waals surface area contributed by atoms with Crippen LogP contribution in [-0.2, 0) is 4.79 Å². The second-order valence-corrected chi connectivity index (χ2v) is 5.51. The summed E-state index contributed by atoms with van der Waals surface area (Å²) in [6, 6.07) is 8.96. The zero-order valence-electron chi connectivity index (χ0n) is 12.5. The van der Waals surface area contributed by atoms with E-state index in [0.717, 1.165) is 0 Å². The van der Waals surface area contributed by atoms with Crippen LogP contribution in [0, 0.1) is 10.1 Å². The first-order valence-electron chi connectivity index (χ1n) is 6.72. The van der Waals surface area contributed by atoms with Gasteiger partial charge < -0.3 is 15.4 Å². The summed E-state index contributed by atoms with van der Waals surface area (Å²) in [6.07, 6.45) is 0. The number of halogens is 2. The quantitative estimate of drug-likeness (QED) is 0.593. The second kappa shape index (κ2) is 7.85. The Morgan fingerprint density at radius 2 is 1.92 bits per heavy atom. The standard InChI is InChI=1S/C15H13Cl2N3O4/c1-24-10-3-5-13(14(7-10)20(22)23)19-15(21)8-18-12-4-2-9(16)6-11(12)17/h2-7,18H,8H2,1H3,(H,19,21). The molecule has 7 nitrogen and oxygen atoms in total. The van der Waals surface area contributed by atoms with Crippen LogP contribution in [0.1, 0.15) is 0 Å². The zero-order valence-corrected chi connectivity index (χ0v) is 14.0. The van der Waals surface area contributed by atoms with E-state index in [1.807, 2.05) is 0 Å². The average molecular weight is 370 g/mol. The van der Waals surface area contributed by atoms with Crippen LogP contribution in [-0.4, -0.2) is 24.5 Å². The molecule has 2 rings (SSSR count). The molecule has 0 heterocycles. The number of anilines is 2. The van der Waals surface area contributed by atoms with Crippen molar-refractivity contribution in [2.24, 2.45) is 0 Å². The van der Waals surface area contributed by atoms with Crippen LogP contribution in [0.3, 0.4) is 0 Å². The van der Waals surface area contributed by atoms with Crippen molar-refractivity contribution in [1.82, 2.24) is 0 Å². The summed E-state index contributed by atoms with van der Waals surface area (Å²) in [4.78, 5) is 22.5. The first-order valence-corrected chi connectivity index (χ1v) is 7.47. The van der Waals surface area contributed by atoms with E-state index in [1.54, 1.807) is 12.1 Å². The summed E-state index contributed by atoms with van der Waals surface area (Å²) in [6.45, 7) is -0.121. The molecular formula is C15H13Cl2N3O4. The number of nitrogens with one attached hydrogen (secondary N) is 2. The Morgan fingerprint density at radius 3 is 2.54 bits per heavy atom. The van der Waals surface area contributed by atoms with Crippen molar-refractivity contribution in [3.05, 3.63) is 56.6 Å². The molecule has 0 saturated carbocycles. The van der Waals surface area contributed by atoms with Gasteiger partial charge in [-0.15, -0.1) is 0 Å². The number of hydrogen-bond acceptors (Lipinski definition) is 5. The van der Waals surface area contributed by atoms with E-state index in [1.165, 1.54) is 31.4 Å². The number of methoxy groups -OCH3 is 1. The molecular weight excluding hydrogens is 357 g/mol. The fraction of sp³-hybridized carbons (Fsp3) is 0.133. The van der Waals surface area contributed by atoms with Crippen LogP contribution in [0.5, 0.6) is 5.75 Å². The predicted octanol–water partition coefficient (Wildman–Crippen LogP) is 3.96. The molecule has 2 aromatic rings. The van der Waals surface area contributed by atoms with E-state index < -0.39 is 10.8 Å². The molecule has 0 unspecified atom stereocenters. The predicted molar refractivity (Wildman–Crippen MR) is 93.2 cm³/mol. The fourth-order valence-electron chi connectivity index (χ4n) is 1.90. The van der Waals surface area contributed by atoms with E-state index in [-0.39, 0.29) is 17.9 Å². The number of benzene rings is 2. The number of nitro benzene ring substituents is 1. The number of amides is 1. The van der Waals surface area contributed by atoms with Gasteiger partial charge in [0, 0.05) is 5.02 Å². The molecule has 0 saturated heterocycles. The number of hydrogen-bond donors (Lipinski definition) is 2. The molecule has 0 aromatic heterocycles. The minimum atomic E-state index is -0.596. The van der Waals surface area contributed by atoms with Gasteiger partial charge in [0.2, 0.25) is 5.91 Å². The Hall–Kier alpha value is -2.51. The van der Waals surface area contributed by atoms with Crippen LogP contribution in [0.2, 0.25) is 10.0 Å². The number of carbonyl (C=O) groups excluding carboxylic acids is 1. The normalized spacial score (nSPS) is 10.1. The summed E-state index contributed by atoms with van der Waals surface area (Å²) in [5, 5.41) is 17.2. The van der Waals surface area contributed by atoms with Crippen molar-refractivity contribution in [2.45, 2.75) is 0 Å². The van der Waals surface area contributed by atoms with Crippen LogP contribution >= 0.6 is 23.2 Å². The third kappa shape index (κ3) is 4.50. The summed E-state index contributed by atoms with van der Waals surface area (Å²) < 4.78 is 4.94. The lowest BCUT2D eigenvalue weighted by Crippen LogP contribution is -2.22. The molecule has 0 atom stereocenters. The number of nitrogens with zero attached hydrogens (tertiary/aromatic N) is 1. The van der Waals surface area contributed by atoms with Crippen molar-refractivity contribution in [3.63, 3.8) is 0 Å². The molecule has 126 valence electrons. The van der Waals surface area contributed by atoms with Crippen LogP contribution in [0.25, 0.3) is 0 Å². The van der Waals surface area contributed by atoms with Crippen molar-refractivity contribution in [1.29, 1.82) is 0 Å². The maximum absolute atomic E-state index is 12.0. The summed E-state index contributed by atoms with van der Waals surface area (Å²) in [5.41, 5.74) is 0.350. The topological polar surface area (TPSA) is 93.5 Å². The van der Waals surface area contributed by atoms with Gasteiger partial charge in [-0.25, -0.2) is 0 Å². The minimum absolute atomic E-state index is 0.0785. The molecule has 0 aliphatic rings. The summed E-state index contributed by atoms with van der Waals surface area (Å²) in [5.74, 6) is -0.139. The molecule has 0 bridgehead atoms.